The van der Waals surface area contributed by atoms with E-state index in [1.807, 2.05) is 6.08 Å². The molecule has 0 heterocycles. The molecule has 0 atom stereocenters. The highest BCUT2D eigenvalue weighted by molar-refractivity contribution is 5.99. The number of ether oxygens (including phenoxy) is 1. The van der Waals surface area contributed by atoms with Crippen molar-refractivity contribution in [3.63, 3.8) is 0 Å². The summed E-state index contributed by atoms with van der Waals surface area (Å²) < 4.78 is 5.10. The fourth-order valence-corrected chi connectivity index (χ4v) is 2.31. The lowest BCUT2D eigenvalue weighted by Crippen LogP contribution is -2.07. The van der Waals surface area contributed by atoms with Crippen molar-refractivity contribution < 1.29 is 19.4 Å². The van der Waals surface area contributed by atoms with Crippen LogP contribution in [-0.4, -0.2) is 23.8 Å². The quantitative estimate of drug-likeness (QED) is 0.486. The standard InChI is InChI=1S/C18H26O4/c1-3-4-5-8-15(19)13-16(20)11-10-14-7-6-9-17(21)18(12-14)22-2/h7,9,12,21H,3-6,8,10-11,13H2,1-2H3. The minimum absolute atomic E-state index is 0.0174. The van der Waals surface area contributed by atoms with Crippen LogP contribution in [-0.2, 0) is 14.3 Å². The average Bonchev–Trinajstić information content (AvgIpc) is 2.66. The van der Waals surface area contributed by atoms with Crippen LogP contribution in [0.4, 0.5) is 0 Å². The van der Waals surface area contributed by atoms with Crippen LogP contribution in [0.15, 0.2) is 35.3 Å². The second-order valence-electron chi connectivity index (χ2n) is 5.53. The predicted molar refractivity (Wildman–Crippen MR) is 86.5 cm³/mol. The third-order valence-electron chi connectivity index (χ3n) is 3.63. The van der Waals surface area contributed by atoms with Gasteiger partial charge in [-0.3, -0.25) is 9.59 Å². The molecule has 1 aliphatic carbocycles. The highest BCUT2D eigenvalue weighted by Gasteiger charge is 2.12. The lowest BCUT2D eigenvalue weighted by molar-refractivity contribution is -0.127. The van der Waals surface area contributed by atoms with Gasteiger partial charge in [-0.05, 0) is 37.0 Å². The smallest absolute Gasteiger partial charge is 0.160 e. The third-order valence-corrected chi connectivity index (χ3v) is 3.63. The summed E-state index contributed by atoms with van der Waals surface area (Å²) in [6, 6.07) is 0. The summed E-state index contributed by atoms with van der Waals surface area (Å²) in [7, 11) is 1.50. The molecule has 22 heavy (non-hydrogen) atoms. The van der Waals surface area contributed by atoms with E-state index in [4.69, 9.17) is 4.74 Å². The molecule has 0 aromatic carbocycles. The summed E-state index contributed by atoms with van der Waals surface area (Å²) in [4.78, 5) is 23.5. The van der Waals surface area contributed by atoms with Gasteiger partial charge in [0.05, 0.1) is 13.5 Å². The van der Waals surface area contributed by atoms with Gasteiger partial charge in [-0.1, -0.05) is 25.8 Å². The number of carbonyl (C=O) groups excluding carboxylic acids is 2. The zero-order chi connectivity index (χ0) is 16.4. The van der Waals surface area contributed by atoms with Gasteiger partial charge in [0.25, 0.3) is 0 Å². The number of aliphatic hydroxyl groups excluding tert-OH is 1. The lowest BCUT2D eigenvalue weighted by atomic mass is 10.0. The van der Waals surface area contributed by atoms with Crippen LogP contribution in [0.3, 0.4) is 0 Å². The van der Waals surface area contributed by atoms with Crippen molar-refractivity contribution in [3.8, 4) is 0 Å². The van der Waals surface area contributed by atoms with Gasteiger partial charge < -0.3 is 9.84 Å². The number of Topliss-reactive ketones (excluding diaryl/α,β-unsaturated/α-hetero) is 2. The molecule has 0 radical (unpaired) electrons. The summed E-state index contributed by atoms with van der Waals surface area (Å²) >= 11 is 0. The Hall–Kier alpha value is -1.84. The molecular formula is C18H26O4. The molecule has 0 unspecified atom stereocenters. The summed E-state index contributed by atoms with van der Waals surface area (Å²) in [6.07, 6.45) is 10.4. The first-order valence-electron chi connectivity index (χ1n) is 7.94. The monoisotopic (exact) mass is 306 g/mol. The molecule has 0 saturated heterocycles. The van der Waals surface area contributed by atoms with Crippen molar-refractivity contribution in [2.45, 2.75) is 58.3 Å². The van der Waals surface area contributed by atoms with Gasteiger partial charge in [0.2, 0.25) is 0 Å². The molecule has 0 aliphatic heterocycles. The zero-order valence-corrected chi connectivity index (χ0v) is 13.6. The topological polar surface area (TPSA) is 63.6 Å². The molecule has 0 aromatic rings. The number of allylic oxidation sites excluding steroid dienone is 4. The molecule has 0 fully saturated rings. The van der Waals surface area contributed by atoms with Crippen LogP contribution in [0.25, 0.3) is 0 Å². The Morgan fingerprint density at radius 2 is 1.91 bits per heavy atom. The van der Waals surface area contributed by atoms with Crippen LogP contribution in [0.1, 0.15) is 58.3 Å². The Labute approximate surface area is 132 Å². The van der Waals surface area contributed by atoms with Gasteiger partial charge >= 0.3 is 0 Å². The van der Waals surface area contributed by atoms with Crippen molar-refractivity contribution in [1.82, 2.24) is 0 Å². The lowest BCUT2D eigenvalue weighted by Gasteiger charge is -2.05. The molecule has 0 amide bonds. The van der Waals surface area contributed by atoms with E-state index in [1.54, 1.807) is 12.2 Å². The van der Waals surface area contributed by atoms with E-state index < -0.39 is 0 Å². The second-order valence-corrected chi connectivity index (χ2v) is 5.53. The number of aliphatic hydroxyl groups is 1. The molecule has 0 spiro atoms. The highest BCUT2D eigenvalue weighted by Crippen LogP contribution is 2.20. The van der Waals surface area contributed by atoms with Gasteiger partial charge in [-0.25, -0.2) is 0 Å². The summed E-state index contributed by atoms with van der Waals surface area (Å²) in [5.41, 5.74) is 0.948. The Kier molecular flexibility index (Phi) is 8.26. The van der Waals surface area contributed by atoms with E-state index in [0.29, 0.717) is 31.4 Å². The number of methoxy groups -OCH3 is 1. The van der Waals surface area contributed by atoms with E-state index in [1.165, 1.54) is 7.11 Å². The molecule has 0 aromatic heterocycles. The van der Waals surface area contributed by atoms with Crippen LogP contribution >= 0.6 is 0 Å². The van der Waals surface area contributed by atoms with Crippen LogP contribution in [0, 0.1) is 0 Å². The fourth-order valence-electron chi connectivity index (χ4n) is 2.31. The van der Waals surface area contributed by atoms with Gasteiger partial charge in [0.1, 0.15) is 11.6 Å². The predicted octanol–water partition coefficient (Wildman–Crippen LogP) is 4.18. The molecule has 1 N–H and O–H groups in total. The van der Waals surface area contributed by atoms with Crippen LogP contribution < -0.4 is 0 Å². The maximum Gasteiger partial charge on any atom is 0.160 e. The van der Waals surface area contributed by atoms with Gasteiger partial charge in [-0.2, -0.15) is 0 Å². The molecule has 4 heteroatoms. The van der Waals surface area contributed by atoms with Crippen LogP contribution in [0.2, 0.25) is 0 Å². The van der Waals surface area contributed by atoms with Gasteiger partial charge in [-0.15, -0.1) is 0 Å². The first-order chi connectivity index (χ1) is 10.6. The van der Waals surface area contributed by atoms with Crippen molar-refractivity contribution in [3.05, 3.63) is 35.3 Å². The molecule has 122 valence electrons. The van der Waals surface area contributed by atoms with Crippen molar-refractivity contribution in [2.75, 3.05) is 7.11 Å². The van der Waals surface area contributed by atoms with E-state index >= 15 is 0 Å². The van der Waals surface area contributed by atoms with E-state index in [9.17, 15) is 14.7 Å². The SMILES string of the molecule is CCCCCC(=O)CC(=O)CCC1=CCC=C(O)C(OC)=C1. The van der Waals surface area contributed by atoms with Gasteiger partial charge in [0.15, 0.2) is 11.5 Å². The van der Waals surface area contributed by atoms with E-state index in [0.717, 1.165) is 24.8 Å². The number of rotatable bonds is 10. The Bertz CT molecular complexity index is 483. The van der Waals surface area contributed by atoms with Crippen molar-refractivity contribution >= 4 is 11.6 Å². The molecule has 0 bridgehead atoms. The number of hydrogen-bond acceptors (Lipinski definition) is 4. The average molecular weight is 306 g/mol. The first-order valence-corrected chi connectivity index (χ1v) is 7.94. The molecule has 4 nitrogen and oxygen atoms in total. The molecule has 0 saturated carbocycles. The van der Waals surface area contributed by atoms with Gasteiger partial charge in [0, 0.05) is 12.8 Å². The maximum atomic E-state index is 11.9. The Morgan fingerprint density at radius 3 is 2.59 bits per heavy atom. The van der Waals surface area contributed by atoms with Crippen molar-refractivity contribution in [2.24, 2.45) is 0 Å². The Morgan fingerprint density at radius 1 is 1.18 bits per heavy atom. The van der Waals surface area contributed by atoms with E-state index in [2.05, 4.69) is 6.92 Å². The minimum Gasteiger partial charge on any atom is -0.504 e. The molecule has 1 aliphatic rings. The number of carbonyl (C=O) groups is 2. The van der Waals surface area contributed by atoms with E-state index in [-0.39, 0.29) is 23.7 Å². The Balaban J connectivity index is 2.39. The molecular weight excluding hydrogens is 280 g/mol. The number of unbranched alkanes of at least 4 members (excludes halogenated alkanes) is 2. The first kappa shape index (κ1) is 18.2. The van der Waals surface area contributed by atoms with Crippen LogP contribution in [0.5, 0.6) is 0 Å². The number of ketones is 2. The third kappa shape index (κ3) is 6.74. The highest BCUT2D eigenvalue weighted by atomic mass is 16.5. The zero-order valence-electron chi connectivity index (χ0n) is 13.6. The normalized spacial score (nSPS) is 14.5. The summed E-state index contributed by atoms with van der Waals surface area (Å²) in [5, 5.41) is 9.69. The summed E-state index contributed by atoms with van der Waals surface area (Å²) in [6.45, 7) is 2.09. The minimum atomic E-state index is -0.0174. The largest absolute Gasteiger partial charge is 0.504 e. The second kappa shape index (κ2) is 9.98. The maximum absolute atomic E-state index is 11.9. The molecule has 1 rings (SSSR count). The summed E-state index contributed by atoms with van der Waals surface area (Å²) in [5.74, 6) is 0.551. The fraction of sp³-hybridized carbons (Fsp3) is 0.556. The number of hydrogen-bond donors (Lipinski definition) is 1. The van der Waals surface area contributed by atoms with Crippen molar-refractivity contribution in [1.29, 1.82) is 0 Å².